The van der Waals surface area contributed by atoms with Crippen LogP contribution in [0.25, 0.3) is 11.4 Å². The lowest BCUT2D eigenvalue weighted by Gasteiger charge is -2.16. The third-order valence-corrected chi connectivity index (χ3v) is 3.52. The Labute approximate surface area is 114 Å². The molecule has 3 rings (SSSR count). The van der Waals surface area contributed by atoms with E-state index < -0.39 is 11.7 Å². The van der Waals surface area contributed by atoms with Gasteiger partial charge in [0.2, 0.25) is 0 Å². The molecule has 0 radical (unpaired) electrons. The van der Waals surface area contributed by atoms with Gasteiger partial charge in [0.1, 0.15) is 5.82 Å². The van der Waals surface area contributed by atoms with E-state index in [9.17, 15) is 13.2 Å². The number of aryl methyl sites for hydroxylation is 2. The lowest BCUT2D eigenvalue weighted by Crippen LogP contribution is -2.12. The summed E-state index contributed by atoms with van der Waals surface area (Å²) in [6.07, 6.45) is -1.44. The Hall–Kier alpha value is -1.85. The van der Waals surface area contributed by atoms with Crippen LogP contribution in [0.1, 0.15) is 29.8 Å². The van der Waals surface area contributed by atoms with Crippen molar-refractivity contribution in [3.8, 4) is 11.4 Å². The maximum absolute atomic E-state index is 12.9. The maximum atomic E-state index is 12.9. The van der Waals surface area contributed by atoms with Crippen LogP contribution in [-0.2, 0) is 19.1 Å². The fraction of sp³-hybridized carbons (Fsp3) is 0.429. The first kappa shape index (κ1) is 13.1. The molecule has 106 valence electrons. The number of rotatable bonds is 1. The molecule has 2 aromatic rings. The summed E-state index contributed by atoms with van der Waals surface area (Å²) in [6, 6.07) is 4.02. The standard InChI is InChI=1S/C14H14F3N3/c1-9-6-10(8-11(7-9)14(15,16)17)13-19-18-12-4-2-3-5-20(12)13/h6-8H,2-5H2,1H3. The summed E-state index contributed by atoms with van der Waals surface area (Å²) in [5.41, 5.74) is 0.418. The Balaban J connectivity index is 2.11. The number of benzene rings is 1. The molecular formula is C14H14F3N3. The lowest BCUT2D eigenvalue weighted by molar-refractivity contribution is -0.137. The molecule has 3 nitrogen and oxygen atoms in total. The predicted octanol–water partition coefficient (Wildman–Crippen LogP) is 3.61. The monoisotopic (exact) mass is 281 g/mol. The van der Waals surface area contributed by atoms with Crippen molar-refractivity contribution in [2.24, 2.45) is 0 Å². The Kier molecular flexibility index (Phi) is 3.03. The highest BCUT2D eigenvalue weighted by Gasteiger charge is 2.31. The highest BCUT2D eigenvalue weighted by Crippen LogP contribution is 2.33. The van der Waals surface area contributed by atoms with E-state index in [-0.39, 0.29) is 0 Å². The second kappa shape index (κ2) is 4.61. The van der Waals surface area contributed by atoms with Crippen LogP contribution in [0.5, 0.6) is 0 Å². The van der Waals surface area contributed by atoms with Crippen molar-refractivity contribution >= 4 is 0 Å². The first-order valence-electron chi connectivity index (χ1n) is 6.56. The van der Waals surface area contributed by atoms with E-state index in [0.717, 1.165) is 43.8 Å². The number of fused-ring (bicyclic) bond motifs is 1. The molecule has 1 aromatic heterocycles. The minimum atomic E-state index is -4.34. The van der Waals surface area contributed by atoms with Crippen molar-refractivity contribution in [2.75, 3.05) is 0 Å². The van der Waals surface area contributed by atoms with E-state index in [0.29, 0.717) is 17.0 Å². The molecule has 0 saturated carbocycles. The van der Waals surface area contributed by atoms with Gasteiger partial charge in [-0.2, -0.15) is 13.2 Å². The van der Waals surface area contributed by atoms with Gasteiger partial charge in [-0.1, -0.05) is 0 Å². The molecule has 0 amide bonds. The van der Waals surface area contributed by atoms with Crippen LogP contribution < -0.4 is 0 Å². The van der Waals surface area contributed by atoms with Gasteiger partial charge in [0.15, 0.2) is 5.82 Å². The zero-order chi connectivity index (χ0) is 14.3. The van der Waals surface area contributed by atoms with Crippen LogP contribution in [0.4, 0.5) is 13.2 Å². The molecule has 0 atom stereocenters. The molecule has 0 saturated heterocycles. The zero-order valence-electron chi connectivity index (χ0n) is 11.0. The van der Waals surface area contributed by atoms with E-state index in [1.165, 1.54) is 0 Å². The van der Waals surface area contributed by atoms with Crippen molar-refractivity contribution in [3.63, 3.8) is 0 Å². The highest BCUT2D eigenvalue weighted by molar-refractivity contribution is 5.58. The van der Waals surface area contributed by atoms with Gasteiger partial charge in [0.25, 0.3) is 0 Å². The van der Waals surface area contributed by atoms with Crippen molar-refractivity contribution < 1.29 is 13.2 Å². The largest absolute Gasteiger partial charge is 0.416 e. The van der Waals surface area contributed by atoms with Crippen LogP contribution >= 0.6 is 0 Å². The molecule has 2 heterocycles. The fourth-order valence-corrected chi connectivity index (χ4v) is 2.60. The molecule has 0 aliphatic carbocycles. The Morgan fingerprint density at radius 2 is 1.90 bits per heavy atom. The minimum Gasteiger partial charge on any atom is -0.311 e. The number of alkyl halides is 3. The number of aromatic nitrogens is 3. The van der Waals surface area contributed by atoms with E-state index in [1.807, 2.05) is 4.57 Å². The first-order valence-corrected chi connectivity index (χ1v) is 6.56. The van der Waals surface area contributed by atoms with Crippen molar-refractivity contribution in [1.29, 1.82) is 0 Å². The third-order valence-electron chi connectivity index (χ3n) is 3.52. The summed E-state index contributed by atoms with van der Waals surface area (Å²) >= 11 is 0. The number of nitrogens with zero attached hydrogens (tertiary/aromatic N) is 3. The van der Waals surface area contributed by atoms with Gasteiger partial charge < -0.3 is 4.57 Å². The zero-order valence-corrected chi connectivity index (χ0v) is 11.0. The number of halogens is 3. The fourth-order valence-electron chi connectivity index (χ4n) is 2.60. The maximum Gasteiger partial charge on any atom is 0.416 e. The molecule has 0 fully saturated rings. The van der Waals surface area contributed by atoms with Crippen LogP contribution in [0.2, 0.25) is 0 Å². The number of hydrogen-bond acceptors (Lipinski definition) is 2. The summed E-state index contributed by atoms with van der Waals surface area (Å²) in [5.74, 6) is 1.40. The average Bonchev–Trinajstić information content (AvgIpc) is 2.80. The lowest BCUT2D eigenvalue weighted by atomic mass is 10.0. The molecule has 0 unspecified atom stereocenters. The van der Waals surface area contributed by atoms with Gasteiger partial charge in [0, 0.05) is 18.5 Å². The minimum absolute atomic E-state index is 0.484. The number of hydrogen-bond donors (Lipinski definition) is 0. The van der Waals surface area contributed by atoms with Gasteiger partial charge in [-0.15, -0.1) is 10.2 Å². The summed E-state index contributed by atoms with van der Waals surface area (Å²) in [6.45, 7) is 2.43. The molecule has 1 aliphatic heterocycles. The summed E-state index contributed by atoms with van der Waals surface area (Å²) in [4.78, 5) is 0. The van der Waals surface area contributed by atoms with E-state index >= 15 is 0 Å². The molecular weight excluding hydrogens is 267 g/mol. The molecule has 0 bridgehead atoms. The van der Waals surface area contributed by atoms with Gasteiger partial charge >= 0.3 is 6.18 Å². The Morgan fingerprint density at radius 1 is 1.10 bits per heavy atom. The van der Waals surface area contributed by atoms with Crippen LogP contribution in [0, 0.1) is 6.92 Å². The Bertz CT molecular complexity index is 644. The molecule has 1 aliphatic rings. The topological polar surface area (TPSA) is 30.7 Å². The van der Waals surface area contributed by atoms with Gasteiger partial charge in [-0.05, 0) is 43.5 Å². The van der Waals surface area contributed by atoms with E-state index in [1.54, 1.807) is 13.0 Å². The van der Waals surface area contributed by atoms with E-state index in [4.69, 9.17) is 0 Å². The Morgan fingerprint density at radius 3 is 2.65 bits per heavy atom. The van der Waals surface area contributed by atoms with Gasteiger partial charge in [-0.25, -0.2) is 0 Å². The summed E-state index contributed by atoms with van der Waals surface area (Å²) in [7, 11) is 0. The highest BCUT2D eigenvalue weighted by atomic mass is 19.4. The molecule has 20 heavy (non-hydrogen) atoms. The van der Waals surface area contributed by atoms with Crippen LogP contribution in [0.3, 0.4) is 0 Å². The van der Waals surface area contributed by atoms with Crippen LogP contribution in [0.15, 0.2) is 18.2 Å². The summed E-state index contributed by atoms with van der Waals surface area (Å²) in [5, 5.41) is 8.16. The molecule has 0 spiro atoms. The second-order valence-corrected chi connectivity index (χ2v) is 5.13. The third kappa shape index (κ3) is 2.30. The quantitative estimate of drug-likeness (QED) is 0.799. The average molecular weight is 281 g/mol. The summed E-state index contributed by atoms with van der Waals surface area (Å²) < 4.78 is 40.6. The second-order valence-electron chi connectivity index (χ2n) is 5.13. The molecule has 0 N–H and O–H groups in total. The predicted molar refractivity (Wildman–Crippen MR) is 68.1 cm³/mol. The normalized spacial score (nSPS) is 15.2. The van der Waals surface area contributed by atoms with Gasteiger partial charge in [-0.3, -0.25) is 0 Å². The van der Waals surface area contributed by atoms with Crippen molar-refractivity contribution in [1.82, 2.24) is 14.8 Å². The van der Waals surface area contributed by atoms with Gasteiger partial charge in [0.05, 0.1) is 5.56 Å². The molecule has 1 aromatic carbocycles. The van der Waals surface area contributed by atoms with Crippen LogP contribution in [-0.4, -0.2) is 14.8 Å². The SMILES string of the molecule is Cc1cc(-c2nnc3n2CCCC3)cc(C(F)(F)F)c1. The molecule has 6 heteroatoms. The van der Waals surface area contributed by atoms with E-state index in [2.05, 4.69) is 10.2 Å². The van der Waals surface area contributed by atoms with Crippen molar-refractivity contribution in [2.45, 2.75) is 38.9 Å². The smallest absolute Gasteiger partial charge is 0.311 e. The first-order chi connectivity index (χ1) is 9.45. The van der Waals surface area contributed by atoms with Crippen molar-refractivity contribution in [3.05, 3.63) is 35.2 Å².